The van der Waals surface area contributed by atoms with Crippen LogP contribution in [-0.2, 0) is 13.1 Å². The molecule has 0 amide bonds. The fourth-order valence-corrected chi connectivity index (χ4v) is 1.72. The van der Waals surface area contributed by atoms with Crippen LogP contribution in [0.2, 0.25) is 0 Å². The van der Waals surface area contributed by atoms with Gasteiger partial charge in [-0.05, 0) is 17.3 Å². The van der Waals surface area contributed by atoms with E-state index in [9.17, 15) is 17.6 Å². The molecule has 2 rings (SSSR count). The molecule has 1 aromatic heterocycles. The van der Waals surface area contributed by atoms with Crippen LogP contribution in [0.1, 0.15) is 11.5 Å². The number of benzene rings is 1. The Hall–Kier alpha value is -2.36. The Bertz CT molecular complexity index is 658. The van der Waals surface area contributed by atoms with Crippen molar-refractivity contribution in [2.24, 2.45) is 0 Å². The number of nitrogens with zero attached hydrogens (tertiary/aromatic N) is 3. The predicted octanol–water partition coefficient (Wildman–Crippen LogP) is 2.46. The van der Waals surface area contributed by atoms with Crippen molar-refractivity contribution in [2.45, 2.75) is 19.5 Å². The number of alkyl halides is 3. The summed E-state index contributed by atoms with van der Waals surface area (Å²) in [5.41, 5.74) is -0.239. The lowest BCUT2D eigenvalue weighted by molar-refractivity contribution is -0.275. The molecule has 0 aliphatic heterocycles. The summed E-state index contributed by atoms with van der Waals surface area (Å²) in [6.45, 7) is -0.127. The van der Waals surface area contributed by atoms with Gasteiger partial charge < -0.3 is 19.5 Å². The van der Waals surface area contributed by atoms with E-state index in [1.165, 1.54) is 0 Å². The topological polar surface area (TPSA) is 63.4 Å². The fraction of sp³-hybridized carbons (Fsp3) is 0.385. The van der Waals surface area contributed by atoms with E-state index in [1.54, 1.807) is 19.0 Å². The number of anilines is 1. The van der Waals surface area contributed by atoms with E-state index in [1.807, 2.05) is 0 Å². The Morgan fingerprint density at radius 2 is 2.00 bits per heavy atom. The molecular weight excluding hydrogens is 320 g/mol. The summed E-state index contributed by atoms with van der Waals surface area (Å²) in [7, 11) is 3.45. The first kappa shape index (κ1) is 17.0. The van der Waals surface area contributed by atoms with Crippen molar-refractivity contribution in [3.8, 4) is 5.75 Å². The zero-order valence-corrected chi connectivity index (χ0v) is 12.3. The van der Waals surface area contributed by atoms with Gasteiger partial charge in [-0.2, -0.15) is 4.98 Å². The molecule has 6 nitrogen and oxygen atoms in total. The minimum Gasteiger partial charge on any atom is -0.405 e. The summed E-state index contributed by atoms with van der Waals surface area (Å²) in [5.74, 6) is -0.819. The SMILES string of the molecule is CN(C)c1noc(CNCc2c(F)cccc2OC(F)(F)F)n1. The number of hydrogen-bond donors (Lipinski definition) is 1. The second-order valence-electron chi connectivity index (χ2n) is 4.75. The molecule has 0 fully saturated rings. The van der Waals surface area contributed by atoms with Crippen LogP contribution >= 0.6 is 0 Å². The number of hydrogen-bond acceptors (Lipinski definition) is 6. The van der Waals surface area contributed by atoms with Gasteiger partial charge in [-0.1, -0.05) is 6.07 Å². The Balaban J connectivity index is 2.02. The Morgan fingerprint density at radius 3 is 2.61 bits per heavy atom. The van der Waals surface area contributed by atoms with Crippen molar-refractivity contribution < 1.29 is 26.8 Å². The molecule has 0 aliphatic rings. The summed E-state index contributed by atoms with van der Waals surface area (Å²) in [6, 6.07) is 3.24. The predicted molar refractivity (Wildman–Crippen MR) is 72.3 cm³/mol. The standard InChI is InChI=1S/C13H14F4N4O2/c1-21(2)12-19-11(23-20-12)7-18-6-8-9(14)4-3-5-10(8)22-13(15,16)17/h3-5,18H,6-7H2,1-2H3. The lowest BCUT2D eigenvalue weighted by Gasteiger charge is -2.14. The molecule has 0 atom stereocenters. The van der Waals surface area contributed by atoms with Gasteiger partial charge in [0.05, 0.1) is 6.54 Å². The average Bonchev–Trinajstić information content (AvgIpc) is 2.89. The van der Waals surface area contributed by atoms with E-state index in [4.69, 9.17) is 4.52 Å². The highest BCUT2D eigenvalue weighted by molar-refractivity contribution is 5.34. The molecule has 0 saturated heterocycles. The van der Waals surface area contributed by atoms with E-state index in [0.717, 1.165) is 18.2 Å². The third-order valence-corrected chi connectivity index (χ3v) is 2.74. The van der Waals surface area contributed by atoms with Crippen LogP contribution < -0.4 is 15.0 Å². The van der Waals surface area contributed by atoms with Crippen LogP contribution in [0.5, 0.6) is 5.75 Å². The molecule has 1 N–H and O–H groups in total. The van der Waals surface area contributed by atoms with Gasteiger partial charge in [0.15, 0.2) is 0 Å². The van der Waals surface area contributed by atoms with Crippen molar-refractivity contribution in [3.05, 3.63) is 35.5 Å². The van der Waals surface area contributed by atoms with Crippen LogP contribution in [0.4, 0.5) is 23.5 Å². The van der Waals surface area contributed by atoms with Crippen LogP contribution in [0, 0.1) is 5.82 Å². The molecule has 10 heteroatoms. The highest BCUT2D eigenvalue weighted by Gasteiger charge is 2.32. The molecule has 126 valence electrons. The van der Waals surface area contributed by atoms with Crippen molar-refractivity contribution in [1.82, 2.24) is 15.5 Å². The second kappa shape index (κ2) is 6.82. The maximum absolute atomic E-state index is 13.7. The van der Waals surface area contributed by atoms with Gasteiger partial charge in [-0.3, -0.25) is 0 Å². The molecule has 0 aliphatic carbocycles. The van der Waals surface area contributed by atoms with E-state index in [0.29, 0.717) is 5.95 Å². The summed E-state index contributed by atoms with van der Waals surface area (Å²) in [6.07, 6.45) is -4.89. The van der Waals surface area contributed by atoms with Gasteiger partial charge in [0, 0.05) is 26.2 Å². The van der Waals surface area contributed by atoms with Gasteiger partial charge in [0.1, 0.15) is 11.6 Å². The molecule has 0 bridgehead atoms. The first-order valence-corrected chi connectivity index (χ1v) is 6.50. The fourth-order valence-electron chi connectivity index (χ4n) is 1.72. The number of halogens is 4. The molecule has 23 heavy (non-hydrogen) atoms. The Labute approximate surface area is 129 Å². The summed E-state index contributed by atoms with van der Waals surface area (Å²) >= 11 is 0. The Morgan fingerprint density at radius 1 is 1.26 bits per heavy atom. The maximum atomic E-state index is 13.7. The summed E-state index contributed by atoms with van der Waals surface area (Å²) in [5, 5.41) is 6.41. The van der Waals surface area contributed by atoms with Gasteiger partial charge in [-0.25, -0.2) is 4.39 Å². The molecule has 2 aromatic rings. The van der Waals surface area contributed by atoms with Crippen molar-refractivity contribution in [1.29, 1.82) is 0 Å². The highest BCUT2D eigenvalue weighted by Crippen LogP contribution is 2.28. The monoisotopic (exact) mass is 334 g/mol. The third kappa shape index (κ3) is 4.81. The first-order valence-electron chi connectivity index (χ1n) is 6.50. The zero-order valence-electron chi connectivity index (χ0n) is 12.3. The van der Waals surface area contributed by atoms with E-state index in [2.05, 4.69) is 20.2 Å². The van der Waals surface area contributed by atoms with Crippen LogP contribution in [-0.4, -0.2) is 30.6 Å². The van der Waals surface area contributed by atoms with E-state index < -0.39 is 17.9 Å². The third-order valence-electron chi connectivity index (χ3n) is 2.74. The molecule has 1 aromatic carbocycles. The van der Waals surface area contributed by atoms with E-state index in [-0.39, 0.29) is 24.5 Å². The van der Waals surface area contributed by atoms with Crippen LogP contribution in [0.25, 0.3) is 0 Å². The number of ether oxygens (including phenoxy) is 1. The van der Waals surface area contributed by atoms with Crippen LogP contribution in [0.3, 0.4) is 0 Å². The van der Waals surface area contributed by atoms with Gasteiger partial charge in [0.25, 0.3) is 5.95 Å². The van der Waals surface area contributed by atoms with Crippen molar-refractivity contribution >= 4 is 5.95 Å². The quantitative estimate of drug-likeness (QED) is 0.819. The van der Waals surface area contributed by atoms with Gasteiger partial charge >= 0.3 is 6.36 Å². The minimum atomic E-state index is -4.89. The Kier molecular flexibility index (Phi) is 5.04. The minimum absolute atomic E-state index is 0.0701. The average molecular weight is 334 g/mol. The van der Waals surface area contributed by atoms with Gasteiger partial charge in [0.2, 0.25) is 5.89 Å². The number of aromatic nitrogens is 2. The first-order chi connectivity index (χ1) is 10.8. The molecule has 0 saturated carbocycles. The summed E-state index contributed by atoms with van der Waals surface area (Å²) in [4.78, 5) is 5.65. The zero-order chi connectivity index (χ0) is 17.0. The van der Waals surface area contributed by atoms with Crippen molar-refractivity contribution in [2.75, 3.05) is 19.0 Å². The second-order valence-corrected chi connectivity index (χ2v) is 4.75. The lowest BCUT2D eigenvalue weighted by atomic mass is 10.2. The number of nitrogens with one attached hydrogen (secondary N) is 1. The smallest absolute Gasteiger partial charge is 0.405 e. The molecule has 1 heterocycles. The highest BCUT2D eigenvalue weighted by atomic mass is 19.4. The molecule has 0 spiro atoms. The van der Waals surface area contributed by atoms with Crippen LogP contribution in [0.15, 0.2) is 22.7 Å². The molecular formula is C13H14F4N4O2. The largest absolute Gasteiger partial charge is 0.573 e. The molecule has 0 unspecified atom stereocenters. The molecule has 0 radical (unpaired) electrons. The number of rotatable bonds is 6. The normalized spacial score (nSPS) is 11.6. The maximum Gasteiger partial charge on any atom is 0.573 e. The lowest BCUT2D eigenvalue weighted by Crippen LogP contribution is -2.21. The van der Waals surface area contributed by atoms with Gasteiger partial charge in [-0.15, -0.1) is 13.2 Å². The van der Waals surface area contributed by atoms with Crippen molar-refractivity contribution in [3.63, 3.8) is 0 Å². The summed E-state index contributed by atoms with van der Waals surface area (Å²) < 4.78 is 59.4. The van der Waals surface area contributed by atoms with E-state index >= 15 is 0 Å².